The molecule has 148 valence electrons. The molecule has 6 heteroatoms. The molecule has 28 heavy (non-hydrogen) atoms. The van der Waals surface area contributed by atoms with Crippen LogP contribution in [-0.2, 0) is 22.5 Å². The molecular formula is C22H26N2O3S. The van der Waals surface area contributed by atoms with Crippen LogP contribution in [0.25, 0.3) is 21.3 Å². The van der Waals surface area contributed by atoms with Crippen LogP contribution in [0.1, 0.15) is 43.1 Å². The zero-order valence-electron chi connectivity index (χ0n) is 16.9. The maximum atomic E-state index is 13.4. The van der Waals surface area contributed by atoms with E-state index in [0.29, 0.717) is 24.8 Å². The van der Waals surface area contributed by atoms with Crippen molar-refractivity contribution < 1.29 is 9.53 Å². The highest BCUT2D eigenvalue weighted by molar-refractivity contribution is 7.17. The van der Waals surface area contributed by atoms with Gasteiger partial charge in [-0.1, -0.05) is 30.7 Å². The van der Waals surface area contributed by atoms with Gasteiger partial charge in [0.05, 0.1) is 12.5 Å². The zero-order chi connectivity index (χ0) is 20.3. The Morgan fingerprint density at radius 2 is 2.04 bits per heavy atom. The van der Waals surface area contributed by atoms with Gasteiger partial charge in [0.1, 0.15) is 10.7 Å². The number of thiophene rings is 1. The van der Waals surface area contributed by atoms with Gasteiger partial charge in [0.25, 0.3) is 5.56 Å². The van der Waals surface area contributed by atoms with Gasteiger partial charge in [0.15, 0.2) is 0 Å². The Labute approximate surface area is 169 Å². The van der Waals surface area contributed by atoms with E-state index in [1.54, 1.807) is 4.57 Å². The molecule has 0 bridgehead atoms. The number of hydrogen-bond donors (Lipinski definition) is 0. The highest BCUT2D eigenvalue weighted by Gasteiger charge is 2.18. The first-order valence-electron chi connectivity index (χ1n) is 9.61. The maximum absolute atomic E-state index is 13.4. The largest absolute Gasteiger partial charge is 0.469 e. The first-order valence-corrected chi connectivity index (χ1v) is 10.5. The number of carbonyl (C=O) groups excluding carboxylic acids is 1. The maximum Gasteiger partial charge on any atom is 0.305 e. The third-order valence-electron chi connectivity index (χ3n) is 4.91. The average molecular weight is 399 g/mol. The second-order valence-electron chi connectivity index (χ2n) is 7.06. The Hall–Kier alpha value is -2.47. The summed E-state index contributed by atoms with van der Waals surface area (Å²) in [4.78, 5) is 30.5. The van der Waals surface area contributed by atoms with E-state index in [2.05, 4.69) is 39.0 Å². The molecule has 0 N–H and O–H groups in total. The molecule has 2 aromatic heterocycles. The third-order valence-corrected chi connectivity index (χ3v) is 5.78. The van der Waals surface area contributed by atoms with Crippen molar-refractivity contribution in [3.63, 3.8) is 0 Å². The number of methoxy groups -OCH3 is 1. The van der Waals surface area contributed by atoms with Crippen LogP contribution in [-0.4, -0.2) is 22.6 Å². The molecule has 0 unspecified atom stereocenters. The van der Waals surface area contributed by atoms with Crippen molar-refractivity contribution in [2.45, 2.75) is 53.0 Å². The molecule has 0 aliphatic heterocycles. The van der Waals surface area contributed by atoms with Crippen LogP contribution in [0, 0.1) is 13.8 Å². The molecular weight excluding hydrogens is 372 g/mol. The van der Waals surface area contributed by atoms with E-state index in [4.69, 9.17) is 9.72 Å². The van der Waals surface area contributed by atoms with Crippen LogP contribution in [0.2, 0.25) is 0 Å². The van der Waals surface area contributed by atoms with Crippen LogP contribution >= 0.6 is 11.3 Å². The van der Waals surface area contributed by atoms with Crippen molar-refractivity contribution in [1.82, 2.24) is 9.55 Å². The lowest BCUT2D eigenvalue weighted by Gasteiger charge is -2.13. The number of ether oxygens (including phenoxy) is 1. The SMILES string of the molecule is CCCc1nc2scc(-c3ccc(C)cc3C)c2c(=O)n1CCCC(=O)OC. The predicted molar refractivity (Wildman–Crippen MR) is 114 cm³/mol. The van der Waals surface area contributed by atoms with Crippen molar-refractivity contribution in [3.05, 3.63) is 50.9 Å². The van der Waals surface area contributed by atoms with Crippen LogP contribution in [0.15, 0.2) is 28.4 Å². The Bertz CT molecular complexity index is 1070. The summed E-state index contributed by atoms with van der Waals surface area (Å²) in [5.41, 5.74) is 4.34. The van der Waals surface area contributed by atoms with E-state index in [0.717, 1.165) is 40.2 Å². The Kier molecular flexibility index (Phi) is 6.29. The predicted octanol–water partition coefficient (Wildman–Crippen LogP) is 4.65. The van der Waals surface area contributed by atoms with Gasteiger partial charge in [-0.25, -0.2) is 4.98 Å². The number of esters is 1. The van der Waals surface area contributed by atoms with Crippen molar-refractivity contribution in [3.8, 4) is 11.1 Å². The molecule has 0 spiro atoms. The number of hydrogen-bond acceptors (Lipinski definition) is 5. The summed E-state index contributed by atoms with van der Waals surface area (Å²) in [6.45, 7) is 6.67. The average Bonchev–Trinajstić information content (AvgIpc) is 3.08. The van der Waals surface area contributed by atoms with Crippen LogP contribution in [0.5, 0.6) is 0 Å². The number of aromatic nitrogens is 2. The summed E-state index contributed by atoms with van der Waals surface area (Å²) < 4.78 is 6.46. The number of benzene rings is 1. The van der Waals surface area contributed by atoms with Crippen molar-refractivity contribution in [2.24, 2.45) is 0 Å². The fourth-order valence-corrected chi connectivity index (χ4v) is 4.46. The molecule has 0 aliphatic carbocycles. The number of carbonyl (C=O) groups is 1. The van der Waals surface area contributed by atoms with Crippen LogP contribution in [0.3, 0.4) is 0 Å². The normalized spacial score (nSPS) is 11.1. The fourth-order valence-electron chi connectivity index (χ4n) is 3.51. The molecule has 1 aromatic carbocycles. The second-order valence-corrected chi connectivity index (χ2v) is 7.92. The van der Waals surface area contributed by atoms with Crippen molar-refractivity contribution in [1.29, 1.82) is 0 Å². The molecule has 2 heterocycles. The summed E-state index contributed by atoms with van der Waals surface area (Å²) in [5, 5.41) is 2.71. The molecule has 3 rings (SSSR count). The summed E-state index contributed by atoms with van der Waals surface area (Å²) in [6.07, 6.45) is 2.49. The van der Waals surface area contributed by atoms with Gasteiger partial charge >= 0.3 is 5.97 Å². The van der Waals surface area contributed by atoms with Gasteiger partial charge in [-0.15, -0.1) is 11.3 Å². The topological polar surface area (TPSA) is 61.2 Å². The van der Waals surface area contributed by atoms with E-state index in [1.165, 1.54) is 24.0 Å². The van der Waals surface area contributed by atoms with Crippen LogP contribution in [0.4, 0.5) is 0 Å². The minimum atomic E-state index is -0.259. The lowest BCUT2D eigenvalue weighted by molar-refractivity contribution is -0.140. The first-order chi connectivity index (χ1) is 13.5. The molecule has 5 nitrogen and oxygen atoms in total. The van der Waals surface area contributed by atoms with Gasteiger partial charge in [-0.3, -0.25) is 14.2 Å². The molecule has 0 fully saturated rings. The summed E-state index contributed by atoms with van der Waals surface area (Å²) in [6, 6.07) is 6.28. The van der Waals surface area contributed by atoms with Crippen LogP contribution < -0.4 is 5.56 Å². The number of aryl methyl sites for hydroxylation is 3. The lowest BCUT2D eigenvalue weighted by Crippen LogP contribution is -2.25. The third kappa shape index (κ3) is 4.02. The lowest BCUT2D eigenvalue weighted by atomic mass is 9.99. The van der Waals surface area contributed by atoms with Gasteiger partial charge in [0, 0.05) is 30.3 Å². The molecule has 0 radical (unpaired) electrons. The standard InChI is InChI=1S/C22H26N2O3S/c1-5-7-18-23-21-20(22(26)24(18)11-6-8-19(25)27-4)17(13-28-21)16-10-9-14(2)12-15(16)3/h9-10,12-13H,5-8,11H2,1-4H3. The van der Waals surface area contributed by atoms with Gasteiger partial charge < -0.3 is 4.74 Å². The molecule has 0 saturated carbocycles. The van der Waals surface area contributed by atoms with Gasteiger partial charge in [-0.2, -0.15) is 0 Å². The molecule has 0 saturated heterocycles. The quantitative estimate of drug-likeness (QED) is 0.544. The Morgan fingerprint density at radius 1 is 1.25 bits per heavy atom. The monoisotopic (exact) mass is 398 g/mol. The summed E-state index contributed by atoms with van der Waals surface area (Å²) in [5.74, 6) is 0.532. The minimum Gasteiger partial charge on any atom is -0.469 e. The number of fused-ring (bicyclic) bond motifs is 1. The van der Waals surface area contributed by atoms with E-state index in [9.17, 15) is 9.59 Å². The summed E-state index contributed by atoms with van der Waals surface area (Å²) in [7, 11) is 1.38. The summed E-state index contributed by atoms with van der Waals surface area (Å²) >= 11 is 1.52. The van der Waals surface area contributed by atoms with E-state index in [-0.39, 0.29) is 11.5 Å². The van der Waals surface area contributed by atoms with Gasteiger partial charge in [0.2, 0.25) is 0 Å². The fraction of sp³-hybridized carbons (Fsp3) is 0.409. The molecule has 0 atom stereocenters. The molecule has 0 aliphatic rings. The smallest absolute Gasteiger partial charge is 0.305 e. The highest BCUT2D eigenvalue weighted by Crippen LogP contribution is 2.33. The Balaban J connectivity index is 2.10. The molecule has 3 aromatic rings. The van der Waals surface area contributed by atoms with Crippen molar-refractivity contribution in [2.75, 3.05) is 7.11 Å². The number of rotatable bonds is 7. The van der Waals surface area contributed by atoms with E-state index >= 15 is 0 Å². The van der Waals surface area contributed by atoms with Gasteiger partial charge in [-0.05, 0) is 37.8 Å². The van der Waals surface area contributed by atoms with Crippen molar-refractivity contribution >= 4 is 27.5 Å². The number of nitrogens with zero attached hydrogens (tertiary/aromatic N) is 2. The second kappa shape index (κ2) is 8.69. The first kappa shape index (κ1) is 20.3. The Morgan fingerprint density at radius 3 is 2.71 bits per heavy atom. The van der Waals surface area contributed by atoms with E-state index in [1.807, 2.05) is 5.38 Å². The minimum absolute atomic E-state index is 0.0189. The highest BCUT2D eigenvalue weighted by atomic mass is 32.1. The van der Waals surface area contributed by atoms with E-state index < -0.39 is 0 Å². The zero-order valence-corrected chi connectivity index (χ0v) is 17.7. The molecule has 0 amide bonds.